The van der Waals surface area contributed by atoms with Gasteiger partial charge in [-0.2, -0.15) is 0 Å². The van der Waals surface area contributed by atoms with E-state index in [1.807, 2.05) is 0 Å². The predicted octanol–water partition coefficient (Wildman–Crippen LogP) is 16.9. The molecule has 4 rings (SSSR count). The predicted molar refractivity (Wildman–Crippen MR) is 319 cm³/mol. The number of allylic oxidation sites excluding steroid dienone is 8. The Morgan fingerprint density at radius 2 is 0.731 bits per heavy atom. The number of carbonyl (C=O) groups excluding carboxylic acids is 3. The number of ether oxygens (including phenoxy) is 7. The SMILES string of the molecule is CC/C=C\CCCCOC(CCC(=O)OCCCC12CC3CC(CCCOC(=O)CCCN(CC)CC)(C1)CC(CCCOC(=O)CCC(OCCCC/C=C\CC)OCCCC/C=C\CC)(C3)C2)OCCCC/C=C\CC. The highest BCUT2D eigenvalue weighted by Crippen LogP contribution is 2.73. The van der Waals surface area contributed by atoms with Crippen molar-refractivity contribution in [2.45, 2.75) is 272 Å². The molecule has 4 aliphatic rings. The van der Waals surface area contributed by atoms with Crippen molar-refractivity contribution in [2.24, 2.45) is 22.2 Å². The fourth-order valence-electron chi connectivity index (χ4n) is 13.4. The second kappa shape index (κ2) is 43.8. The molecule has 0 heterocycles. The van der Waals surface area contributed by atoms with Crippen LogP contribution in [-0.4, -0.2) is 101 Å². The second-order valence-electron chi connectivity index (χ2n) is 23.5. The van der Waals surface area contributed by atoms with Crippen LogP contribution in [0.4, 0.5) is 0 Å². The Bertz CT molecular complexity index is 1520. The smallest absolute Gasteiger partial charge is 0.305 e. The molecule has 0 saturated heterocycles. The van der Waals surface area contributed by atoms with E-state index in [1.54, 1.807) is 0 Å². The first-order valence-corrected chi connectivity index (χ1v) is 32.3. The first-order valence-electron chi connectivity index (χ1n) is 32.3. The van der Waals surface area contributed by atoms with Crippen molar-refractivity contribution in [1.29, 1.82) is 0 Å². The maximum Gasteiger partial charge on any atom is 0.305 e. The molecule has 78 heavy (non-hydrogen) atoms. The summed E-state index contributed by atoms with van der Waals surface area (Å²) in [5.74, 6) is 0.226. The lowest BCUT2D eigenvalue weighted by atomic mass is 9.37. The van der Waals surface area contributed by atoms with Crippen LogP contribution in [0.25, 0.3) is 0 Å². The largest absolute Gasteiger partial charge is 0.466 e. The van der Waals surface area contributed by atoms with Crippen LogP contribution in [0.2, 0.25) is 0 Å². The molecule has 4 fully saturated rings. The van der Waals surface area contributed by atoms with Crippen LogP contribution < -0.4 is 0 Å². The van der Waals surface area contributed by atoms with Gasteiger partial charge in [-0.15, -0.1) is 0 Å². The molecule has 2 atom stereocenters. The molecule has 4 aliphatic carbocycles. The van der Waals surface area contributed by atoms with Gasteiger partial charge in [0.2, 0.25) is 0 Å². The molecule has 11 nitrogen and oxygen atoms in total. The standard InChI is InChI=1S/C67H117NO10/c1-7-13-17-21-25-29-46-75-63(76-47-30-26-22-18-14-8-2)40-38-61(70)73-51-35-43-66-54-59-53-65(56-66,42-34-50-72-60(69)37-33-45-68(11-5)12-6)57-67(55-59,58-66)44-36-52-74-62(71)39-41-64(77-48-31-27-23-19-15-9-3)78-49-32-28-24-20-16-10-4/h13-20,59,63-64H,7-12,21-58H2,1-6H3/b17-13-,18-14-,19-15-,20-16-. The molecule has 2 unspecified atom stereocenters. The van der Waals surface area contributed by atoms with Gasteiger partial charge in [0.05, 0.1) is 32.7 Å². The zero-order chi connectivity index (χ0) is 56.3. The Balaban J connectivity index is 1.57. The maximum absolute atomic E-state index is 13.2. The number of carbonyl (C=O) groups is 3. The monoisotopic (exact) mass is 1100 g/mol. The summed E-state index contributed by atoms with van der Waals surface area (Å²) >= 11 is 0. The average molecular weight is 1100 g/mol. The van der Waals surface area contributed by atoms with Gasteiger partial charge in [-0.05, 0) is 228 Å². The van der Waals surface area contributed by atoms with Gasteiger partial charge in [0, 0.05) is 45.7 Å². The Labute approximate surface area is 477 Å². The summed E-state index contributed by atoms with van der Waals surface area (Å²) in [7, 11) is 0. The highest BCUT2D eigenvalue weighted by molar-refractivity contribution is 5.70. The van der Waals surface area contributed by atoms with Crippen LogP contribution in [0.3, 0.4) is 0 Å². The van der Waals surface area contributed by atoms with E-state index in [0.29, 0.717) is 71.4 Å². The van der Waals surface area contributed by atoms with Crippen molar-refractivity contribution < 1.29 is 47.5 Å². The van der Waals surface area contributed by atoms with Gasteiger partial charge in [-0.25, -0.2) is 0 Å². The van der Waals surface area contributed by atoms with E-state index < -0.39 is 12.6 Å². The normalized spacial score (nSPS) is 21.1. The maximum atomic E-state index is 13.2. The quantitative estimate of drug-likeness (QED) is 0.0190. The van der Waals surface area contributed by atoms with Crippen LogP contribution in [0.15, 0.2) is 48.6 Å². The number of nitrogens with zero attached hydrogens (tertiary/aromatic N) is 1. The van der Waals surface area contributed by atoms with Gasteiger partial charge in [-0.3, -0.25) is 14.4 Å². The molecule has 0 radical (unpaired) electrons. The van der Waals surface area contributed by atoms with Crippen molar-refractivity contribution >= 4 is 17.9 Å². The Morgan fingerprint density at radius 3 is 1.04 bits per heavy atom. The lowest BCUT2D eigenvalue weighted by molar-refractivity contribution is -0.173. The topological polar surface area (TPSA) is 119 Å². The molecule has 0 N–H and O–H groups in total. The van der Waals surface area contributed by atoms with Crippen molar-refractivity contribution in [3.63, 3.8) is 0 Å². The summed E-state index contributed by atoms with van der Waals surface area (Å²) in [5, 5.41) is 0. The molecular weight excluding hydrogens is 979 g/mol. The van der Waals surface area contributed by atoms with Crippen LogP contribution >= 0.6 is 0 Å². The number of hydrogen-bond acceptors (Lipinski definition) is 11. The molecular formula is C67H117NO10. The molecule has 11 heteroatoms. The number of rotatable bonds is 52. The molecule has 0 aromatic heterocycles. The first-order chi connectivity index (χ1) is 38.1. The zero-order valence-corrected chi connectivity index (χ0v) is 51.0. The van der Waals surface area contributed by atoms with E-state index in [2.05, 4.69) is 95.1 Å². The first kappa shape index (κ1) is 69.4. The molecule has 450 valence electrons. The summed E-state index contributed by atoms with van der Waals surface area (Å²) in [5.41, 5.74) is 0.605. The lowest BCUT2D eigenvalue weighted by Crippen LogP contribution is -2.57. The summed E-state index contributed by atoms with van der Waals surface area (Å²) in [6, 6.07) is 0. The number of unbranched alkanes of at least 4 members (excludes halogenated alkanes) is 8. The summed E-state index contributed by atoms with van der Waals surface area (Å²) in [4.78, 5) is 41.6. The Hall–Kier alpha value is -2.83. The van der Waals surface area contributed by atoms with E-state index in [1.165, 1.54) is 38.5 Å². The third-order valence-electron chi connectivity index (χ3n) is 16.6. The molecule has 0 spiro atoms. The number of hydrogen-bond donors (Lipinski definition) is 0. The van der Waals surface area contributed by atoms with E-state index in [-0.39, 0.29) is 47.0 Å². The molecule has 4 bridgehead atoms. The Kier molecular flexibility index (Phi) is 39.0. The van der Waals surface area contributed by atoms with Gasteiger partial charge in [0.25, 0.3) is 0 Å². The minimum Gasteiger partial charge on any atom is -0.466 e. The van der Waals surface area contributed by atoms with E-state index >= 15 is 0 Å². The average Bonchev–Trinajstić information content (AvgIpc) is 3.62. The van der Waals surface area contributed by atoms with Crippen LogP contribution in [0, 0.1) is 22.2 Å². The van der Waals surface area contributed by atoms with Gasteiger partial charge in [-0.1, -0.05) is 90.2 Å². The third-order valence-corrected chi connectivity index (χ3v) is 16.6. The van der Waals surface area contributed by atoms with Gasteiger partial charge in [0.15, 0.2) is 12.6 Å². The fraction of sp³-hybridized carbons (Fsp3) is 0.836. The minimum absolute atomic E-state index is 0.0787. The zero-order valence-electron chi connectivity index (χ0n) is 51.0. The van der Waals surface area contributed by atoms with Gasteiger partial charge in [0.1, 0.15) is 0 Å². The van der Waals surface area contributed by atoms with Crippen molar-refractivity contribution in [3.05, 3.63) is 48.6 Å². The fourth-order valence-corrected chi connectivity index (χ4v) is 13.4. The highest BCUT2D eigenvalue weighted by Gasteiger charge is 2.62. The lowest BCUT2D eigenvalue weighted by Gasteiger charge is -2.67. The summed E-state index contributed by atoms with van der Waals surface area (Å²) in [6.45, 7) is 19.7. The van der Waals surface area contributed by atoms with E-state index in [9.17, 15) is 14.4 Å². The Morgan fingerprint density at radius 1 is 0.410 bits per heavy atom. The second-order valence-corrected chi connectivity index (χ2v) is 23.5. The summed E-state index contributed by atoms with van der Waals surface area (Å²) in [6.07, 6.45) is 49.5. The highest BCUT2D eigenvalue weighted by atomic mass is 16.7. The van der Waals surface area contributed by atoms with Crippen molar-refractivity contribution in [2.75, 3.05) is 65.9 Å². The van der Waals surface area contributed by atoms with Gasteiger partial charge >= 0.3 is 17.9 Å². The van der Waals surface area contributed by atoms with Crippen molar-refractivity contribution in [3.8, 4) is 0 Å². The van der Waals surface area contributed by atoms with E-state index in [4.69, 9.17) is 33.2 Å². The summed E-state index contributed by atoms with van der Waals surface area (Å²) < 4.78 is 42.5. The molecule has 0 amide bonds. The van der Waals surface area contributed by atoms with Gasteiger partial charge < -0.3 is 38.1 Å². The van der Waals surface area contributed by atoms with Crippen LogP contribution in [-0.2, 0) is 47.5 Å². The minimum atomic E-state index is -0.402. The van der Waals surface area contributed by atoms with Crippen molar-refractivity contribution in [1.82, 2.24) is 4.90 Å². The van der Waals surface area contributed by atoms with E-state index in [0.717, 1.165) is 167 Å². The molecule has 0 aromatic carbocycles. The third kappa shape index (κ3) is 31.4. The number of esters is 3. The molecule has 0 aliphatic heterocycles. The van der Waals surface area contributed by atoms with Crippen LogP contribution in [0.1, 0.15) is 260 Å². The molecule has 0 aromatic rings. The molecule has 4 saturated carbocycles. The van der Waals surface area contributed by atoms with Crippen LogP contribution in [0.5, 0.6) is 0 Å².